The van der Waals surface area contributed by atoms with E-state index in [9.17, 15) is 4.79 Å². The van der Waals surface area contributed by atoms with E-state index in [4.69, 9.17) is 14.5 Å². The molecule has 0 N–H and O–H groups in total. The van der Waals surface area contributed by atoms with Crippen LogP contribution in [0.2, 0.25) is 0 Å². The molecule has 5 rings (SSSR count). The van der Waals surface area contributed by atoms with Crippen molar-refractivity contribution in [3.8, 4) is 22.8 Å². The summed E-state index contributed by atoms with van der Waals surface area (Å²) in [6, 6.07) is 25.6. The first-order chi connectivity index (χ1) is 17.2. The smallest absolute Gasteiger partial charge is 0.254 e. The van der Waals surface area contributed by atoms with Crippen molar-refractivity contribution in [1.82, 2.24) is 9.88 Å². The summed E-state index contributed by atoms with van der Waals surface area (Å²) in [4.78, 5) is 22.8. The Morgan fingerprint density at radius 2 is 1.63 bits per heavy atom. The Balaban J connectivity index is 1.41. The number of carbonyl (C=O) groups is 1. The number of carbonyl (C=O) groups excluding carboxylic acids is 1. The first-order valence-corrected chi connectivity index (χ1v) is 12.0. The van der Waals surface area contributed by atoms with Gasteiger partial charge in [0.1, 0.15) is 11.5 Å². The quantitative estimate of drug-likeness (QED) is 0.387. The fourth-order valence-corrected chi connectivity index (χ4v) is 4.60. The van der Waals surface area contributed by atoms with Crippen LogP contribution in [-0.4, -0.2) is 55.7 Å². The normalized spacial score (nSPS) is 13.7. The number of methoxy groups -OCH3 is 1. The molecule has 0 unspecified atom stereocenters. The molecule has 35 heavy (non-hydrogen) atoms. The molecule has 178 valence electrons. The molecule has 1 aliphatic heterocycles. The Hall–Kier alpha value is -4.06. The summed E-state index contributed by atoms with van der Waals surface area (Å²) in [7, 11) is 1.69. The first-order valence-electron chi connectivity index (χ1n) is 12.0. The summed E-state index contributed by atoms with van der Waals surface area (Å²) >= 11 is 0. The lowest BCUT2D eigenvalue weighted by Gasteiger charge is -2.36. The molecule has 4 aromatic rings. The summed E-state index contributed by atoms with van der Waals surface area (Å²) in [6.45, 7) is 5.38. The number of rotatable bonds is 6. The van der Waals surface area contributed by atoms with Gasteiger partial charge in [0, 0.05) is 37.1 Å². The van der Waals surface area contributed by atoms with Gasteiger partial charge in [0.15, 0.2) is 0 Å². The van der Waals surface area contributed by atoms with Gasteiger partial charge in [0.05, 0.1) is 36.2 Å². The lowest BCUT2D eigenvalue weighted by molar-refractivity contribution is 0.0748. The number of fused-ring (bicyclic) bond motifs is 1. The van der Waals surface area contributed by atoms with Crippen molar-refractivity contribution in [2.24, 2.45) is 0 Å². The molecule has 1 aromatic heterocycles. The van der Waals surface area contributed by atoms with E-state index in [1.807, 2.05) is 84.6 Å². The fraction of sp³-hybridized carbons (Fsp3) is 0.241. The number of ether oxygens (including phenoxy) is 2. The molecule has 0 radical (unpaired) electrons. The molecule has 1 amide bonds. The maximum atomic E-state index is 13.7. The van der Waals surface area contributed by atoms with E-state index < -0.39 is 0 Å². The number of hydrogen-bond acceptors (Lipinski definition) is 5. The summed E-state index contributed by atoms with van der Waals surface area (Å²) in [5.41, 5.74) is 4.30. The number of pyridine rings is 1. The molecular weight excluding hydrogens is 438 g/mol. The molecule has 6 heteroatoms. The lowest BCUT2D eigenvalue weighted by atomic mass is 10.0. The minimum atomic E-state index is 0.0375. The highest BCUT2D eigenvalue weighted by Gasteiger charge is 2.25. The third-order valence-corrected chi connectivity index (χ3v) is 6.40. The van der Waals surface area contributed by atoms with Gasteiger partial charge < -0.3 is 19.3 Å². The van der Waals surface area contributed by atoms with Gasteiger partial charge in [0.25, 0.3) is 5.91 Å². The van der Waals surface area contributed by atoms with Crippen LogP contribution in [0.15, 0.2) is 78.9 Å². The highest BCUT2D eigenvalue weighted by molar-refractivity contribution is 6.07. The van der Waals surface area contributed by atoms with Crippen molar-refractivity contribution in [2.75, 3.05) is 44.8 Å². The second kappa shape index (κ2) is 10.1. The minimum Gasteiger partial charge on any atom is -0.495 e. The van der Waals surface area contributed by atoms with E-state index >= 15 is 0 Å². The molecule has 3 aromatic carbocycles. The Morgan fingerprint density at radius 1 is 0.914 bits per heavy atom. The van der Waals surface area contributed by atoms with E-state index in [0.717, 1.165) is 52.4 Å². The van der Waals surface area contributed by atoms with Gasteiger partial charge in [0.2, 0.25) is 0 Å². The molecule has 0 aliphatic carbocycles. The molecule has 1 aliphatic rings. The molecule has 2 heterocycles. The topological polar surface area (TPSA) is 54.9 Å². The highest BCUT2D eigenvalue weighted by atomic mass is 16.5. The number of anilines is 1. The Bertz CT molecular complexity index is 1330. The lowest BCUT2D eigenvalue weighted by Crippen LogP contribution is -2.49. The molecule has 0 spiro atoms. The summed E-state index contributed by atoms with van der Waals surface area (Å²) in [5, 5.41) is 0.874. The first kappa shape index (κ1) is 22.7. The van der Waals surface area contributed by atoms with Gasteiger partial charge in [-0.15, -0.1) is 0 Å². The van der Waals surface area contributed by atoms with E-state index in [0.29, 0.717) is 25.3 Å². The van der Waals surface area contributed by atoms with Crippen LogP contribution in [0.25, 0.3) is 22.2 Å². The van der Waals surface area contributed by atoms with Crippen molar-refractivity contribution in [2.45, 2.75) is 6.92 Å². The standard InChI is InChI=1S/C29H29N3O3/c1-3-35-22-14-12-21(13-15-22)26-20-24(23-8-4-5-9-25(23)30-26)29(33)32-18-16-31(17-19-32)27-10-6-7-11-28(27)34-2/h4-15,20H,3,16-19H2,1-2H3. The van der Waals surface area contributed by atoms with Crippen molar-refractivity contribution < 1.29 is 14.3 Å². The van der Waals surface area contributed by atoms with Crippen molar-refractivity contribution in [1.29, 1.82) is 0 Å². The van der Waals surface area contributed by atoms with E-state index in [2.05, 4.69) is 11.0 Å². The summed E-state index contributed by atoms with van der Waals surface area (Å²) in [6.07, 6.45) is 0. The van der Waals surface area contributed by atoms with Crippen LogP contribution in [0.1, 0.15) is 17.3 Å². The summed E-state index contributed by atoms with van der Waals surface area (Å²) < 4.78 is 11.1. The highest BCUT2D eigenvalue weighted by Crippen LogP contribution is 2.30. The zero-order valence-electron chi connectivity index (χ0n) is 20.1. The molecule has 6 nitrogen and oxygen atoms in total. The van der Waals surface area contributed by atoms with Gasteiger partial charge in [-0.3, -0.25) is 4.79 Å². The van der Waals surface area contributed by atoms with E-state index in [1.54, 1.807) is 7.11 Å². The predicted octanol–water partition coefficient (Wildman–Crippen LogP) is 5.27. The molecule has 0 saturated carbocycles. The molecule has 0 bridgehead atoms. The third kappa shape index (κ3) is 4.64. The number of piperazine rings is 1. The van der Waals surface area contributed by atoms with Crippen LogP contribution in [0.4, 0.5) is 5.69 Å². The average molecular weight is 468 g/mol. The van der Waals surface area contributed by atoms with Crippen molar-refractivity contribution >= 4 is 22.5 Å². The summed E-state index contributed by atoms with van der Waals surface area (Å²) in [5.74, 6) is 1.71. The van der Waals surface area contributed by atoms with Crippen molar-refractivity contribution in [3.05, 3.63) is 84.4 Å². The SMILES string of the molecule is CCOc1ccc(-c2cc(C(=O)N3CCN(c4ccccc4OC)CC3)c3ccccc3n2)cc1. The monoisotopic (exact) mass is 467 g/mol. The van der Waals surface area contributed by atoms with Crippen LogP contribution >= 0.6 is 0 Å². The van der Waals surface area contributed by atoms with Gasteiger partial charge in [-0.25, -0.2) is 4.98 Å². The Labute approximate surface area is 205 Å². The van der Waals surface area contributed by atoms with Gasteiger partial charge in [-0.05, 0) is 55.5 Å². The number of amides is 1. The van der Waals surface area contributed by atoms with Gasteiger partial charge in [-0.2, -0.15) is 0 Å². The van der Waals surface area contributed by atoms with Gasteiger partial charge >= 0.3 is 0 Å². The molecule has 1 saturated heterocycles. The molecular formula is C29H29N3O3. The Kier molecular flexibility index (Phi) is 6.53. The number of para-hydroxylation sites is 3. The Morgan fingerprint density at radius 3 is 2.37 bits per heavy atom. The van der Waals surface area contributed by atoms with Crippen LogP contribution in [0, 0.1) is 0 Å². The van der Waals surface area contributed by atoms with Crippen molar-refractivity contribution in [3.63, 3.8) is 0 Å². The van der Waals surface area contributed by atoms with Crippen LogP contribution < -0.4 is 14.4 Å². The second-order valence-electron chi connectivity index (χ2n) is 8.48. The third-order valence-electron chi connectivity index (χ3n) is 6.40. The van der Waals surface area contributed by atoms with E-state index in [1.165, 1.54) is 0 Å². The average Bonchev–Trinajstić information content (AvgIpc) is 2.92. The fourth-order valence-electron chi connectivity index (χ4n) is 4.60. The number of nitrogens with zero attached hydrogens (tertiary/aromatic N) is 3. The van der Waals surface area contributed by atoms with Crippen LogP contribution in [0.5, 0.6) is 11.5 Å². The molecule has 0 atom stereocenters. The number of hydrogen-bond donors (Lipinski definition) is 0. The van der Waals surface area contributed by atoms with E-state index in [-0.39, 0.29) is 5.91 Å². The van der Waals surface area contributed by atoms with Gasteiger partial charge in [-0.1, -0.05) is 30.3 Å². The maximum Gasteiger partial charge on any atom is 0.254 e. The van der Waals surface area contributed by atoms with Crippen LogP contribution in [-0.2, 0) is 0 Å². The maximum absolute atomic E-state index is 13.7. The largest absolute Gasteiger partial charge is 0.495 e. The predicted molar refractivity (Wildman–Crippen MR) is 139 cm³/mol. The second-order valence-corrected chi connectivity index (χ2v) is 8.48. The number of aromatic nitrogens is 1. The molecule has 1 fully saturated rings. The zero-order chi connectivity index (χ0) is 24.2. The number of benzene rings is 3. The zero-order valence-corrected chi connectivity index (χ0v) is 20.1. The van der Waals surface area contributed by atoms with Crippen LogP contribution in [0.3, 0.4) is 0 Å². The minimum absolute atomic E-state index is 0.0375.